The summed E-state index contributed by atoms with van der Waals surface area (Å²) in [6.45, 7) is 4.48. The van der Waals surface area contributed by atoms with Crippen LogP contribution in [0.2, 0.25) is 0 Å². The number of azide groups is 1. The lowest BCUT2D eigenvalue weighted by Crippen LogP contribution is -2.49. The predicted molar refractivity (Wildman–Crippen MR) is 186 cm³/mol. The van der Waals surface area contributed by atoms with E-state index in [0.717, 1.165) is 12.0 Å². The van der Waals surface area contributed by atoms with Gasteiger partial charge in [0.25, 0.3) is 5.69 Å². The van der Waals surface area contributed by atoms with E-state index in [0.29, 0.717) is 80.9 Å². The Bertz CT molecular complexity index is 1600. The first-order valence-electron chi connectivity index (χ1n) is 16.6. The number of ether oxygens (including phenoxy) is 2. The maximum atomic E-state index is 13.0. The Balaban J connectivity index is 1.62. The van der Waals surface area contributed by atoms with Crippen molar-refractivity contribution in [2.45, 2.75) is 50.0 Å². The Hall–Kier alpha value is -5.11. The summed E-state index contributed by atoms with van der Waals surface area (Å²) in [5.74, 6) is -0.839. The zero-order valence-electron chi connectivity index (χ0n) is 28.7. The van der Waals surface area contributed by atoms with Gasteiger partial charge in [-0.25, -0.2) is 0 Å². The predicted octanol–water partition coefficient (Wildman–Crippen LogP) is 4.59. The molecule has 0 bridgehead atoms. The Morgan fingerprint density at radius 1 is 1.16 bits per heavy atom. The number of benzene rings is 2. The van der Waals surface area contributed by atoms with Gasteiger partial charge in [0.1, 0.15) is 0 Å². The van der Waals surface area contributed by atoms with Gasteiger partial charge in [0.2, 0.25) is 12.8 Å². The standard InChI is InChI=1S/C35H44N8O7/c1-4-29-32(40(2)24-44)31(26-11-13-28(14-12-26)43(47)48)33(30(38-29)23-50-22-17-37-39-36)42(25-45)19-8-18-41-20-15-35(16-21-41,34(46)49-3)27-9-6-5-7-10-27/h5-7,9-14,24-25,31-32H,4,8,15-23H2,1-3H3. The number of nitro benzene ring substituents is 1. The van der Waals surface area contributed by atoms with Crippen molar-refractivity contribution in [1.82, 2.24) is 14.7 Å². The van der Waals surface area contributed by atoms with Crippen LogP contribution in [0.1, 0.15) is 49.7 Å². The zero-order valence-corrected chi connectivity index (χ0v) is 28.7. The van der Waals surface area contributed by atoms with Crippen LogP contribution >= 0.6 is 0 Å². The first kappa shape index (κ1) is 37.7. The molecule has 1 saturated heterocycles. The molecule has 4 rings (SSSR count). The highest BCUT2D eigenvalue weighted by atomic mass is 16.6. The van der Waals surface area contributed by atoms with Crippen LogP contribution in [0.25, 0.3) is 10.4 Å². The van der Waals surface area contributed by atoms with E-state index >= 15 is 0 Å². The summed E-state index contributed by atoms with van der Waals surface area (Å²) in [7, 11) is 3.06. The number of aliphatic imine (C=N–C) groups is 1. The molecule has 15 heteroatoms. The minimum absolute atomic E-state index is 0.00630. The number of carbonyl (C=O) groups excluding carboxylic acids is 3. The molecule has 266 valence electrons. The molecular weight excluding hydrogens is 644 g/mol. The molecule has 0 radical (unpaired) electrons. The number of carbonyl (C=O) groups is 3. The second-order valence-corrected chi connectivity index (χ2v) is 12.3. The van der Waals surface area contributed by atoms with Crippen molar-refractivity contribution >= 4 is 30.2 Å². The van der Waals surface area contributed by atoms with Gasteiger partial charge in [-0.3, -0.25) is 29.5 Å². The maximum Gasteiger partial charge on any atom is 0.316 e. The molecule has 2 aromatic carbocycles. The Morgan fingerprint density at radius 2 is 1.86 bits per heavy atom. The van der Waals surface area contributed by atoms with Gasteiger partial charge in [-0.1, -0.05) is 54.5 Å². The zero-order chi connectivity index (χ0) is 36.1. The third-order valence-corrected chi connectivity index (χ3v) is 9.52. The molecule has 0 aromatic heterocycles. The summed E-state index contributed by atoms with van der Waals surface area (Å²) in [5, 5.41) is 15.0. The van der Waals surface area contributed by atoms with Crippen molar-refractivity contribution in [3.8, 4) is 0 Å². The number of esters is 1. The number of likely N-dealkylation sites (tertiary alicyclic amines) is 1. The molecule has 2 unspecified atom stereocenters. The summed E-state index contributed by atoms with van der Waals surface area (Å²) in [6, 6.07) is 15.2. The van der Waals surface area contributed by atoms with Crippen LogP contribution in [0.5, 0.6) is 0 Å². The largest absolute Gasteiger partial charge is 0.468 e. The molecule has 2 heterocycles. The molecule has 0 aliphatic carbocycles. The monoisotopic (exact) mass is 688 g/mol. The van der Waals surface area contributed by atoms with Gasteiger partial charge >= 0.3 is 5.97 Å². The highest BCUT2D eigenvalue weighted by Gasteiger charge is 2.44. The van der Waals surface area contributed by atoms with Crippen LogP contribution in [-0.2, 0) is 29.3 Å². The van der Waals surface area contributed by atoms with Crippen molar-refractivity contribution in [2.24, 2.45) is 10.1 Å². The third kappa shape index (κ3) is 8.54. The van der Waals surface area contributed by atoms with Crippen molar-refractivity contribution in [3.63, 3.8) is 0 Å². The summed E-state index contributed by atoms with van der Waals surface area (Å²) >= 11 is 0. The van der Waals surface area contributed by atoms with E-state index in [9.17, 15) is 24.5 Å². The Kier molecular flexibility index (Phi) is 13.6. The topological polar surface area (TPSA) is 184 Å². The first-order chi connectivity index (χ1) is 24.2. The van der Waals surface area contributed by atoms with Crippen molar-refractivity contribution < 1.29 is 28.8 Å². The number of likely N-dealkylation sites (N-methyl/N-ethyl adjacent to an activating group) is 1. The smallest absolute Gasteiger partial charge is 0.316 e. The van der Waals surface area contributed by atoms with Gasteiger partial charge in [-0.15, -0.1) is 0 Å². The summed E-state index contributed by atoms with van der Waals surface area (Å²) in [6.07, 6.45) is 3.73. The number of nitro groups is 1. The number of piperidine rings is 1. The molecule has 15 nitrogen and oxygen atoms in total. The lowest BCUT2D eigenvalue weighted by atomic mass is 9.72. The average molecular weight is 689 g/mol. The highest BCUT2D eigenvalue weighted by Crippen LogP contribution is 2.40. The second kappa shape index (κ2) is 18.0. The molecule has 0 saturated carbocycles. The van der Waals surface area contributed by atoms with Crippen molar-refractivity contribution in [2.75, 3.05) is 60.1 Å². The first-order valence-corrected chi connectivity index (χ1v) is 16.6. The lowest BCUT2D eigenvalue weighted by Gasteiger charge is -2.42. The average Bonchev–Trinajstić information content (AvgIpc) is 3.16. The number of hydrogen-bond donors (Lipinski definition) is 0. The highest BCUT2D eigenvalue weighted by molar-refractivity contribution is 5.94. The molecular formula is C35H44N8O7. The number of rotatable bonds is 18. The van der Waals surface area contributed by atoms with Crippen LogP contribution in [0.15, 0.2) is 76.1 Å². The molecule has 0 N–H and O–H groups in total. The minimum atomic E-state index is -0.714. The maximum absolute atomic E-state index is 13.0. The number of amides is 2. The fourth-order valence-corrected chi connectivity index (χ4v) is 6.97. The van der Waals surface area contributed by atoms with Crippen LogP contribution in [0, 0.1) is 10.1 Å². The molecule has 2 amide bonds. The summed E-state index contributed by atoms with van der Waals surface area (Å²) in [5.41, 5.74) is 11.2. The molecule has 0 spiro atoms. The van der Waals surface area contributed by atoms with E-state index in [-0.39, 0.29) is 31.4 Å². The van der Waals surface area contributed by atoms with Crippen LogP contribution in [0.4, 0.5) is 5.69 Å². The molecule has 2 aliphatic heterocycles. The SMILES string of the molecule is CCC1=NC(COCCN=[N+]=[N-])=C(N(C=O)CCCN2CCC(C(=O)OC)(c3ccccc3)CC2)C(c2ccc([N+](=O)[O-])cc2)C1N(C)C=O. The van der Waals surface area contributed by atoms with Gasteiger partial charge in [0.05, 0.1) is 54.0 Å². The van der Waals surface area contributed by atoms with Gasteiger partial charge < -0.3 is 24.2 Å². The van der Waals surface area contributed by atoms with Crippen LogP contribution < -0.4 is 0 Å². The van der Waals surface area contributed by atoms with Crippen LogP contribution in [-0.4, -0.2) is 110 Å². The van der Waals surface area contributed by atoms with E-state index in [1.54, 1.807) is 24.1 Å². The fraction of sp³-hybridized carbons (Fsp3) is 0.486. The molecule has 2 aromatic rings. The van der Waals surface area contributed by atoms with Gasteiger partial charge in [-0.2, -0.15) is 0 Å². The Morgan fingerprint density at radius 3 is 2.44 bits per heavy atom. The van der Waals surface area contributed by atoms with Crippen LogP contribution in [0.3, 0.4) is 0 Å². The summed E-state index contributed by atoms with van der Waals surface area (Å²) in [4.78, 5) is 62.2. The normalized spacial score (nSPS) is 18.7. The van der Waals surface area contributed by atoms with Gasteiger partial charge in [0, 0.05) is 42.9 Å². The van der Waals surface area contributed by atoms with Gasteiger partial charge in [0.15, 0.2) is 0 Å². The molecule has 2 aliphatic rings. The summed E-state index contributed by atoms with van der Waals surface area (Å²) < 4.78 is 11.1. The number of nitrogens with zero attached hydrogens (tertiary/aromatic N) is 8. The minimum Gasteiger partial charge on any atom is -0.468 e. The van der Waals surface area contributed by atoms with Crippen molar-refractivity contribution in [3.05, 3.63) is 97.7 Å². The van der Waals surface area contributed by atoms with E-state index in [1.165, 1.54) is 24.1 Å². The number of hydrogen-bond acceptors (Lipinski definition) is 10. The Labute approximate surface area is 291 Å². The number of non-ortho nitro benzene ring substituents is 1. The van der Waals surface area contributed by atoms with E-state index in [2.05, 4.69) is 14.9 Å². The van der Waals surface area contributed by atoms with E-state index < -0.39 is 22.3 Å². The second-order valence-electron chi connectivity index (χ2n) is 12.3. The fourth-order valence-electron chi connectivity index (χ4n) is 6.97. The molecule has 1 fully saturated rings. The quantitative estimate of drug-likeness (QED) is 0.0318. The molecule has 2 atom stereocenters. The van der Waals surface area contributed by atoms with Crippen molar-refractivity contribution in [1.29, 1.82) is 0 Å². The van der Waals surface area contributed by atoms with E-state index in [1.807, 2.05) is 37.3 Å². The number of methoxy groups -OCH3 is 1. The van der Waals surface area contributed by atoms with Gasteiger partial charge in [-0.05, 0) is 62.0 Å². The third-order valence-electron chi connectivity index (χ3n) is 9.52. The van der Waals surface area contributed by atoms with E-state index in [4.69, 9.17) is 20.0 Å². The molecule has 50 heavy (non-hydrogen) atoms. The lowest BCUT2D eigenvalue weighted by molar-refractivity contribution is -0.384.